The summed E-state index contributed by atoms with van der Waals surface area (Å²) >= 11 is 0.526. The first kappa shape index (κ1) is 24.6. The van der Waals surface area contributed by atoms with Crippen LogP contribution in [-0.4, -0.2) is 33.3 Å². The van der Waals surface area contributed by atoms with Crippen LogP contribution in [0.2, 0.25) is 0 Å². The molecular formula is C16H32N2O4S3. The second-order valence-corrected chi connectivity index (χ2v) is 9.54. The Hall–Kier alpha value is -0.410. The van der Waals surface area contributed by atoms with Gasteiger partial charge in [0.05, 0.1) is 0 Å². The summed E-state index contributed by atoms with van der Waals surface area (Å²) in [6, 6.07) is 0. The topological polar surface area (TPSA) is 75.7 Å². The third-order valence-corrected chi connectivity index (χ3v) is 7.09. The third-order valence-electron chi connectivity index (χ3n) is 3.46. The molecule has 6 nitrogen and oxygen atoms in total. The highest BCUT2D eigenvalue weighted by Crippen LogP contribution is 2.17. The molecule has 0 fully saturated rings. The van der Waals surface area contributed by atoms with Crippen LogP contribution in [0.25, 0.3) is 0 Å². The van der Waals surface area contributed by atoms with Crippen molar-refractivity contribution in [3.63, 3.8) is 0 Å². The SMILES string of the molecule is CCCCCCCCCCCCSS(=O)N(C)C(=O)OSNC(C)=O. The molecule has 0 aliphatic rings. The molecule has 1 unspecified atom stereocenters. The summed E-state index contributed by atoms with van der Waals surface area (Å²) in [4.78, 5) is 22.2. The molecule has 1 N–H and O–H groups in total. The second kappa shape index (κ2) is 17.0. The number of nitrogens with one attached hydrogen (secondary N) is 1. The average Bonchev–Trinajstić information content (AvgIpc) is 2.58. The molecule has 25 heavy (non-hydrogen) atoms. The minimum absolute atomic E-state index is 0.322. The Morgan fingerprint density at radius 1 is 1.00 bits per heavy atom. The first-order valence-electron chi connectivity index (χ1n) is 8.92. The summed E-state index contributed by atoms with van der Waals surface area (Å²) in [6.07, 6.45) is 11.9. The van der Waals surface area contributed by atoms with Crippen molar-refractivity contribution in [3.05, 3.63) is 0 Å². The number of unbranched alkanes of at least 4 members (excludes halogenated alkanes) is 9. The zero-order chi connectivity index (χ0) is 18.9. The fourth-order valence-electron chi connectivity index (χ4n) is 2.03. The smallest absolute Gasteiger partial charge is 0.352 e. The maximum atomic E-state index is 11.9. The maximum absolute atomic E-state index is 11.9. The van der Waals surface area contributed by atoms with Crippen molar-refractivity contribution in [3.8, 4) is 0 Å². The van der Waals surface area contributed by atoms with Crippen molar-refractivity contribution in [2.45, 2.75) is 78.1 Å². The molecule has 0 saturated carbocycles. The van der Waals surface area contributed by atoms with E-state index in [0.717, 1.165) is 22.9 Å². The van der Waals surface area contributed by atoms with Crippen molar-refractivity contribution in [2.24, 2.45) is 0 Å². The summed E-state index contributed by atoms with van der Waals surface area (Å²) in [6.45, 7) is 3.54. The summed E-state index contributed by atoms with van der Waals surface area (Å²) in [5.74, 6) is 0.427. The molecule has 0 spiro atoms. The normalized spacial score (nSPS) is 11.8. The molecule has 0 aliphatic carbocycles. The van der Waals surface area contributed by atoms with Crippen LogP contribution in [0.3, 0.4) is 0 Å². The number of amides is 2. The van der Waals surface area contributed by atoms with Gasteiger partial charge in [-0.2, -0.15) is 0 Å². The Bertz CT molecular complexity index is 398. The Balaban J connectivity index is 3.53. The first-order valence-corrected chi connectivity index (χ1v) is 12.3. The van der Waals surface area contributed by atoms with Gasteiger partial charge in [-0.05, 0) is 17.2 Å². The quantitative estimate of drug-likeness (QED) is 0.177. The largest absolute Gasteiger partial charge is 0.435 e. The lowest BCUT2D eigenvalue weighted by molar-refractivity contribution is -0.117. The number of carbonyl (C=O) groups excluding carboxylic acids is 2. The molecule has 9 heteroatoms. The molecule has 1 atom stereocenters. The van der Waals surface area contributed by atoms with Crippen LogP contribution in [0.4, 0.5) is 4.79 Å². The Labute approximate surface area is 162 Å². The van der Waals surface area contributed by atoms with E-state index in [9.17, 15) is 13.8 Å². The lowest BCUT2D eigenvalue weighted by atomic mass is 10.1. The molecular weight excluding hydrogens is 380 g/mol. The fraction of sp³-hybridized carbons (Fsp3) is 0.875. The zero-order valence-electron chi connectivity index (χ0n) is 15.6. The van der Waals surface area contributed by atoms with Gasteiger partial charge < -0.3 is 4.18 Å². The van der Waals surface area contributed by atoms with Crippen LogP contribution in [0.15, 0.2) is 0 Å². The van der Waals surface area contributed by atoms with Crippen LogP contribution in [-0.2, 0) is 19.0 Å². The monoisotopic (exact) mass is 412 g/mol. The number of carbonyl (C=O) groups is 2. The summed E-state index contributed by atoms with van der Waals surface area (Å²) in [7, 11) is 1.17. The van der Waals surface area contributed by atoms with Gasteiger partial charge in [-0.25, -0.2) is 13.3 Å². The number of hydrogen-bond acceptors (Lipinski definition) is 6. The predicted molar refractivity (Wildman–Crippen MR) is 108 cm³/mol. The van der Waals surface area contributed by atoms with Gasteiger partial charge >= 0.3 is 6.09 Å². The molecule has 0 aromatic heterocycles. The second-order valence-electron chi connectivity index (χ2n) is 5.81. The van der Waals surface area contributed by atoms with Crippen molar-refractivity contribution < 1.29 is 18.0 Å². The fourth-order valence-corrected chi connectivity index (χ4v) is 4.64. The van der Waals surface area contributed by atoms with Crippen molar-refractivity contribution in [1.29, 1.82) is 0 Å². The van der Waals surface area contributed by atoms with Gasteiger partial charge in [0.25, 0.3) is 0 Å². The molecule has 0 bridgehead atoms. The standard InChI is InChI=1S/C16H32N2O4S3/c1-4-5-6-7-8-9-10-11-12-13-14-23-25(21)18(3)16(20)22-24-17-15(2)19/h4-14H2,1-3H3,(H,17,19). The van der Waals surface area contributed by atoms with E-state index < -0.39 is 16.1 Å². The zero-order valence-corrected chi connectivity index (χ0v) is 18.0. The van der Waals surface area contributed by atoms with Gasteiger partial charge in [0, 0.05) is 19.7 Å². The molecule has 0 heterocycles. The highest BCUT2D eigenvalue weighted by atomic mass is 33.1. The molecule has 0 rings (SSSR count). The molecule has 0 aliphatic heterocycles. The molecule has 0 saturated heterocycles. The number of nitrogens with zero attached hydrogens (tertiary/aromatic N) is 1. The van der Waals surface area contributed by atoms with Gasteiger partial charge in [0.2, 0.25) is 5.91 Å². The number of hydrogen-bond donors (Lipinski definition) is 1. The maximum Gasteiger partial charge on any atom is 0.435 e. The van der Waals surface area contributed by atoms with Crippen LogP contribution in [0, 0.1) is 0 Å². The van der Waals surface area contributed by atoms with E-state index in [-0.39, 0.29) is 5.91 Å². The molecule has 2 amide bonds. The van der Waals surface area contributed by atoms with E-state index in [1.165, 1.54) is 76.1 Å². The van der Waals surface area contributed by atoms with Crippen molar-refractivity contribution in [1.82, 2.24) is 9.03 Å². The van der Waals surface area contributed by atoms with Crippen LogP contribution in [0.1, 0.15) is 78.1 Å². The Morgan fingerprint density at radius 3 is 2.04 bits per heavy atom. The molecule has 0 radical (unpaired) electrons. The summed E-state index contributed by atoms with van der Waals surface area (Å²) in [5, 5.41) is 0. The van der Waals surface area contributed by atoms with E-state index in [1.807, 2.05) is 0 Å². The van der Waals surface area contributed by atoms with E-state index in [2.05, 4.69) is 11.6 Å². The highest BCUT2D eigenvalue weighted by Gasteiger charge is 2.18. The van der Waals surface area contributed by atoms with Gasteiger partial charge in [0.1, 0.15) is 0 Å². The minimum atomic E-state index is -1.47. The van der Waals surface area contributed by atoms with Crippen LogP contribution < -0.4 is 4.72 Å². The molecule has 0 aromatic carbocycles. The Kier molecular flexibility index (Phi) is 16.7. The van der Waals surface area contributed by atoms with E-state index >= 15 is 0 Å². The van der Waals surface area contributed by atoms with Gasteiger partial charge in [-0.15, -0.1) is 0 Å². The molecule has 148 valence electrons. The van der Waals surface area contributed by atoms with Crippen LogP contribution in [0.5, 0.6) is 0 Å². The third kappa shape index (κ3) is 15.6. The van der Waals surface area contributed by atoms with Crippen LogP contribution >= 0.6 is 23.0 Å². The number of rotatable bonds is 15. The van der Waals surface area contributed by atoms with E-state index in [0.29, 0.717) is 12.2 Å². The van der Waals surface area contributed by atoms with Gasteiger partial charge in [-0.1, -0.05) is 64.7 Å². The average molecular weight is 413 g/mol. The van der Waals surface area contributed by atoms with E-state index in [4.69, 9.17) is 4.18 Å². The Morgan fingerprint density at radius 2 is 1.52 bits per heavy atom. The predicted octanol–water partition coefficient (Wildman–Crippen LogP) is 4.99. The highest BCUT2D eigenvalue weighted by molar-refractivity contribution is 8.68. The lowest BCUT2D eigenvalue weighted by Gasteiger charge is -2.13. The summed E-state index contributed by atoms with van der Waals surface area (Å²) in [5.41, 5.74) is 0. The first-order chi connectivity index (χ1) is 12.0. The molecule has 0 aromatic rings. The minimum Gasteiger partial charge on any atom is -0.352 e. The lowest BCUT2D eigenvalue weighted by Crippen LogP contribution is -2.27. The van der Waals surface area contributed by atoms with Crippen molar-refractivity contribution in [2.75, 3.05) is 12.8 Å². The van der Waals surface area contributed by atoms with Gasteiger partial charge in [0.15, 0.2) is 22.2 Å². The van der Waals surface area contributed by atoms with E-state index in [1.54, 1.807) is 0 Å². The van der Waals surface area contributed by atoms with Crippen molar-refractivity contribution >= 4 is 45.0 Å². The van der Waals surface area contributed by atoms with Gasteiger partial charge in [-0.3, -0.25) is 9.52 Å². The summed E-state index contributed by atoms with van der Waals surface area (Å²) < 4.78 is 19.9.